The maximum atomic E-state index is 6.52. The summed E-state index contributed by atoms with van der Waals surface area (Å²) < 4.78 is 15.2. The van der Waals surface area contributed by atoms with E-state index in [-0.39, 0.29) is 0 Å². The van der Waals surface area contributed by atoms with Crippen molar-refractivity contribution in [2.75, 3.05) is 0 Å². The molecular formula is C51H30N4O2. The van der Waals surface area contributed by atoms with Gasteiger partial charge in [-0.25, -0.2) is 15.0 Å². The fraction of sp³-hybridized carbons (Fsp3) is 0. The minimum Gasteiger partial charge on any atom is -0.456 e. The molecule has 0 radical (unpaired) electrons. The van der Waals surface area contributed by atoms with Gasteiger partial charge in [0.25, 0.3) is 0 Å². The molecule has 12 rings (SSSR count). The fourth-order valence-electron chi connectivity index (χ4n) is 8.47. The summed E-state index contributed by atoms with van der Waals surface area (Å²) in [6.07, 6.45) is 0. The van der Waals surface area contributed by atoms with E-state index in [2.05, 4.69) is 120 Å². The lowest BCUT2D eigenvalue weighted by atomic mass is 9.99. The molecule has 0 aliphatic carbocycles. The Hall–Kier alpha value is -7.83. The van der Waals surface area contributed by atoms with Crippen molar-refractivity contribution in [3.63, 3.8) is 0 Å². The van der Waals surface area contributed by atoms with Crippen molar-refractivity contribution in [1.82, 2.24) is 19.5 Å². The molecule has 57 heavy (non-hydrogen) atoms. The first kappa shape index (κ1) is 31.5. The second-order valence-corrected chi connectivity index (χ2v) is 14.4. The van der Waals surface area contributed by atoms with Crippen molar-refractivity contribution in [3.05, 3.63) is 182 Å². The van der Waals surface area contributed by atoms with E-state index in [0.717, 1.165) is 99.2 Å². The van der Waals surface area contributed by atoms with Crippen molar-refractivity contribution < 1.29 is 8.83 Å². The van der Waals surface area contributed by atoms with Crippen LogP contribution in [0, 0.1) is 0 Å². The molecule has 0 fully saturated rings. The van der Waals surface area contributed by atoms with Crippen LogP contribution in [0.2, 0.25) is 0 Å². The molecule has 0 amide bonds. The number of hydrogen-bond acceptors (Lipinski definition) is 5. The highest BCUT2D eigenvalue weighted by Crippen LogP contribution is 2.41. The van der Waals surface area contributed by atoms with E-state index in [1.54, 1.807) is 0 Å². The molecule has 0 spiro atoms. The Balaban J connectivity index is 1.07. The summed E-state index contributed by atoms with van der Waals surface area (Å²) in [5, 5.41) is 6.64. The topological polar surface area (TPSA) is 69.9 Å². The number of para-hydroxylation sites is 3. The van der Waals surface area contributed by atoms with Crippen LogP contribution in [0.5, 0.6) is 0 Å². The highest BCUT2D eigenvalue weighted by molar-refractivity contribution is 6.17. The third-order valence-corrected chi connectivity index (χ3v) is 11.1. The largest absolute Gasteiger partial charge is 0.456 e. The highest BCUT2D eigenvalue weighted by atomic mass is 16.3. The maximum Gasteiger partial charge on any atom is 0.166 e. The van der Waals surface area contributed by atoms with Crippen LogP contribution in [0.15, 0.2) is 191 Å². The van der Waals surface area contributed by atoms with Gasteiger partial charge in [0, 0.05) is 55.1 Å². The van der Waals surface area contributed by atoms with Gasteiger partial charge in [-0.3, -0.25) is 0 Å². The van der Waals surface area contributed by atoms with Crippen molar-refractivity contribution in [2.24, 2.45) is 0 Å². The molecule has 12 aromatic rings. The third-order valence-electron chi connectivity index (χ3n) is 11.1. The Morgan fingerprint density at radius 2 is 0.965 bits per heavy atom. The van der Waals surface area contributed by atoms with Crippen molar-refractivity contribution in [1.29, 1.82) is 0 Å². The lowest BCUT2D eigenvalue weighted by molar-refractivity contribution is 0.669. The van der Waals surface area contributed by atoms with Gasteiger partial charge in [-0.2, -0.15) is 0 Å². The molecule has 4 heterocycles. The summed E-state index contributed by atoms with van der Waals surface area (Å²) in [4.78, 5) is 15.5. The Morgan fingerprint density at radius 3 is 1.82 bits per heavy atom. The van der Waals surface area contributed by atoms with Gasteiger partial charge in [0.05, 0.1) is 16.7 Å². The predicted molar refractivity (Wildman–Crippen MR) is 230 cm³/mol. The zero-order valence-electron chi connectivity index (χ0n) is 30.4. The van der Waals surface area contributed by atoms with Crippen LogP contribution < -0.4 is 0 Å². The number of nitrogens with zero attached hydrogens (tertiary/aromatic N) is 4. The summed E-state index contributed by atoms with van der Waals surface area (Å²) in [7, 11) is 0. The number of fused-ring (bicyclic) bond motifs is 9. The van der Waals surface area contributed by atoms with Gasteiger partial charge >= 0.3 is 0 Å². The molecule has 0 saturated heterocycles. The summed E-state index contributed by atoms with van der Waals surface area (Å²) in [6, 6.07) is 62.6. The van der Waals surface area contributed by atoms with Crippen LogP contribution in [0.1, 0.15) is 0 Å². The van der Waals surface area contributed by atoms with E-state index < -0.39 is 0 Å². The van der Waals surface area contributed by atoms with Crippen molar-refractivity contribution in [3.8, 4) is 51.0 Å². The van der Waals surface area contributed by atoms with E-state index in [0.29, 0.717) is 17.5 Å². The molecule has 8 aromatic carbocycles. The highest BCUT2D eigenvalue weighted by Gasteiger charge is 2.21. The molecule has 6 nitrogen and oxygen atoms in total. The molecule has 266 valence electrons. The normalized spacial score (nSPS) is 11.9. The van der Waals surface area contributed by atoms with Gasteiger partial charge in [-0.05, 0) is 59.7 Å². The van der Waals surface area contributed by atoms with Crippen LogP contribution in [0.25, 0.3) is 117 Å². The van der Waals surface area contributed by atoms with Crippen LogP contribution >= 0.6 is 0 Å². The maximum absolute atomic E-state index is 6.52. The summed E-state index contributed by atoms with van der Waals surface area (Å²) >= 11 is 0. The number of benzene rings is 8. The average molecular weight is 731 g/mol. The lowest BCUT2D eigenvalue weighted by Crippen LogP contribution is -2.03. The van der Waals surface area contributed by atoms with Crippen molar-refractivity contribution >= 4 is 65.7 Å². The molecule has 0 unspecified atom stereocenters. The minimum atomic E-state index is 0.561. The molecule has 4 aromatic heterocycles. The van der Waals surface area contributed by atoms with Crippen LogP contribution in [-0.4, -0.2) is 19.5 Å². The molecular weight excluding hydrogens is 701 g/mol. The fourth-order valence-corrected chi connectivity index (χ4v) is 8.47. The van der Waals surface area contributed by atoms with Gasteiger partial charge in [0.15, 0.2) is 17.5 Å². The smallest absolute Gasteiger partial charge is 0.166 e. The van der Waals surface area contributed by atoms with Crippen LogP contribution in [0.4, 0.5) is 0 Å². The molecule has 6 heteroatoms. The van der Waals surface area contributed by atoms with E-state index >= 15 is 0 Å². The SMILES string of the molecule is c1ccc(-c2nc(-c3ccc4c(c3)oc3cccc(-c5ccccc5)c34)nc(-c3ccccc3-n3c4ccccc4c4cc5c(cc43)oc3ccccc35)n2)cc1. The summed E-state index contributed by atoms with van der Waals surface area (Å²) in [5.74, 6) is 1.72. The molecule has 0 aliphatic heterocycles. The van der Waals surface area contributed by atoms with Crippen molar-refractivity contribution in [2.45, 2.75) is 0 Å². The predicted octanol–water partition coefficient (Wildman–Crippen LogP) is 13.4. The van der Waals surface area contributed by atoms with Gasteiger partial charge in [0.1, 0.15) is 22.3 Å². The summed E-state index contributed by atoms with van der Waals surface area (Å²) in [5.41, 5.74) is 11.3. The molecule has 0 atom stereocenters. The Labute approximate surface area is 325 Å². The van der Waals surface area contributed by atoms with Gasteiger partial charge < -0.3 is 13.4 Å². The van der Waals surface area contributed by atoms with E-state index in [9.17, 15) is 0 Å². The number of rotatable bonds is 5. The number of furan rings is 2. The van der Waals surface area contributed by atoms with E-state index in [1.807, 2.05) is 66.7 Å². The minimum absolute atomic E-state index is 0.561. The first-order chi connectivity index (χ1) is 28.2. The first-order valence-electron chi connectivity index (χ1n) is 19.0. The monoisotopic (exact) mass is 730 g/mol. The molecule has 0 N–H and O–H groups in total. The molecule has 0 aliphatic rings. The van der Waals surface area contributed by atoms with Gasteiger partial charge in [-0.15, -0.1) is 0 Å². The Bertz CT molecular complexity index is 3530. The van der Waals surface area contributed by atoms with Crippen LogP contribution in [-0.2, 0) is 0 Å². The first-order valence-corrected chi connectivity index (χ1v) is 19.0. The van der Waals surface area contributed by atoms with E-state index in [4.69, 9.17) is 23.8 Å². The summed E-state index contributed by atoms with van der Waals surface area (Å²) in [6.45, 7) is 0. The third kappa shape index (κ3) is 4.94. The molecule has 0 saturated carbocycles. The second-order valence-electron chi connectivity index (χ2n) is 14.4. The zero-order valence-corrected chi connectivity index (χ0v) is 30.4. The Kier molecular flexibility index (Phi) is 6.83. The molecule has 0 bridgehead atoms. The van der Waals surface area contributed by atoms with E-state index in [1.165, 1.54) is 0 Å². The van der Waals surface area contributed by atoms with Crippen LogP contribution in [0.3, 0.4) is 0 Å². The number of hydrogen-bond donors (Lipinski definition) is 0. The average Bonchev–Trinajstić information content (AvgIpc) is 3.94. The zero-order chi connectivity index (χ0) is 37.5. The lowest BCUT2D eigenvalue weighted by Gasteiger charge is -2.14. The van der Waals surface area contributed by atoms with Gasteiger partial charge in [0.2, 0.25) is 0 Å². The standard InChI is InChI=1S/C51H30N4O2/c1-3-14-31(15-4-1)34-21-13-25-45-48(34)38-27-26-33(28-46(38)57-45)50-52-49(32-16-5-2-6-17-32)53-51(54-50)37-20-8-11-23-42(37)55-41-22-10-7-18-35(41)39-29-40-36-19-9-12-24-44(36)56-47(40)30-43(39)55/h1-30H. The van der Waals surface area contributed by atoms with Gasteiger partial charge in [-0.1, -0.05) is 127 Å². The number of aromatic nitrogens is 4. The quantitative estimate of drug-likeness (QED) is 0.176. The Morgan fingerprint density at radius 1 is 0.333 bits per heavy atom. The second kappa shape index (κ2) is 12.3.